The maximum Gasteiger partial charge on any atom is 0.223 e. The smallest absolute Gasteiger partial charge is 0.223 e. The molecular formula is C24H24N4OS2. The van der Waals surface area contributed by atoms with Crippen molar-refractivity contribution in [2.24, 2.45) is 0 Å². The number of hydrogen-bond acceptors (Lipinski definition) is 6. The molecule has 1 aliphatic heterocycles. The van der Waals surface area contributed by atoms with Crippen LogP contribution in [-0.4, -0.2) is 24.0 Å². The van der Waals surface area contributed by atoms with Gasteiger partial charge in [0.1, 0.15) is 0 Å². The summed E-state index contributed by atoms with van der Waals surface area (Å²) in [6, 6.07) is 15.0. The number of terminal acetylenes is 1. The van der Waals surface area contributed by atoms with E-state index in [1.807, 2.05) is 19.1 Å². The van der Waals surface area contributed by atoms with Crippen LogP contribution in [0.4, 0.5) is 16.5 Å². The number of aromatic nitrogens is 1. The molecule has 1 aromatic heterocycles. The van der Waals surface area contributed by atoms with E-state index in [0.717, 1.165) is 41.2 Å². The summed E-state index contributed by atoms with van der Waals surface area (Å²) in [5.41, 5.74) is 5.72. The highest BCUT2D eigenvalue weighted by molar-refractivity contribution is 8.00. The van der Waals surface area contributed by atoms with Crippen molar-refractivity contribution in [3.8, 4) is 22.8 Å². The molecule has 2 aromatic carbocycles. The number of carbonyl (C=O) groups is 1. The Kier molecular flexibility index (Phi) is 6.50. The van der Waals surface area contributed by atoms with Gasteiger partial charge in [0.2, 0.25) is 5.91 Å². The monoisotopic (exact) mass is 448 g/mol. The fourth-order valence-electron chi connectivity index (χ4n) is 3.61. The zero-order valence-electron chi connectivity index (χ0n) is 17.6. The van der Waals surface area contributed by atoms with Crippen LogP contribution >= 0.6 is 23.3 Å². The summed E-state index contributed by atoms with van der Waals surface area (Å²) in [6.07, 6.45) is 7.52. The van der Waals surface area contributed by atoms with Crippen LogP contribution in [0.25, 0.3) is 10.4 Å². The first kappa shape index (κ1) is 21.3. The number of anilines is 3. The third-order valence-corrected chi connectivity index (χ3v) is 7.13. The molecule has 0 unspecified atom stereocenters. The first-order valence-corrected chi connectivity index (χ1v) is 11.7. The molecule has 1 aliphatic rings. The van der Waals surface area contributed by atoms with Crippen molar-refractivity contribution in [1.29, 1.82) is 0 Å². The summed E-state index contributed by atoms with van der Waals surface area (Å²) < 4.78 is 2.37. The van der Waals surface area contributed by atoms with E-state index >= 15 is 0 Å². The Morgan fingerprint density at radius 1 is 1.32 bits per heavy atom. The van der Waals surface area contributed by atoms with Gasteiger partial charge in [0.05, 0.1) is 22.8 Å². The Morgan fingerprint density at radius 2 is 2.19 bits per heavy atom. The number of nitrogens with one attached hydrogen (secondary N) is 2. The minimum atomic E-state index is -0.100. The van der Waals surface area contributed by atoms with E-state index in [1.54, 1.807) is 11.9 Å². The van der Waals surface area contributed by atoms with Crippen LogP contribution in [0.1, 0.15) is 24.6 Å². The minimum absolute atomic E-state index is 0.100. The predicted octanol–water partition coefficient (Wildman–Crippen LogP) is 5.58. The molecule has 4 rings (SSSR count). The molecular weight excluding hydrogens is 424 g/mol. The molecule has 2 N–H and O–H groups in total. The normalized spacial score (nSPS) is 12.7. The second-order valence-corrected chi connectivity index (χ2v) is 9.43. The fraction of sp³-hybridized carbons (Fsp3) is 0.250. The molecule has 5 nitrogen and oxygen atoms in total. The number of aryl methyl sites for hydroxylation is 2. The summed E-state index contributed by atoms with van der Waals surface area (Å²) in [4.78, 5) is 18.1. The third kappa shape index (κ3) is 5.04. The Balaban J connectivity index is 1.56. The lowest BCUT2D eigenvalue weighted by Crippen LogP contribution is -2.22. The van der Waals surface area contributed by atoms with Crippen LogP contribution in [0.5, 0.6) is 0 Å². The van der Waals surface area contributed by atoms with Gasteiger partial charge >= 0.3 is 0 Å². The molecule has 0 radical (unpaired) electrons. The molecule has 0 aliphatic carbocycles. The SMILES string of the molecule is C#CCNc1cccc(SN2CCCc3cc(-c4sc(NC(C)=O)nc4C)ccc32)c1. The highest BCUT2D eigenvalue weighted by Gasteiger charge is 2.20. The van der Waals surface area contributed by atoms with Crippen molar-refractivity contribution in [2.45, 2.75) is 31.6 Å². The summed E-state index contributed by atoms with van der Waals surface area (Å²) in [6.45, 7) is 5.01. The zero-order chi connectivity index (χ0) is 21.8. The van der Waals surface area contributed by atoms with Crippen molar-refractivity contribution in [3.05, 3.63) is 53.7 Å². The van der Waals surface area contributed by atoms with E-state index in [1.165, 1.54) is 34.4 Å². The molecule has 0 atom stereocenters. The number of nitrogens with zero attached hydrogens (tertiary/aromatic N) is 2. The Bertz CT molecular complexity index is 1150. The van der Waals surface area contributed by atoms with Crippen LogP contribution in [0, 0.1) is 19.3 Å². The summed E-state index contributed by atoms with van der Waals surface area (Å²) in [7, 11) is 0. The number of hydrogen-bond donors (Lipinski definition) is 2. The number of fused-ring (bicyclic) bond motifs is 1. The second-order valence-electron chi connectivity index (χ2n) is 7.34. The number of carbonyl (C=O) groups excluding carboxylic acids is 1. The van der Waals surface area contributed by atoms with Crippen molar-refractivity contribution in [1.82, 2.24) is 4.98 Å². The Morgan fingerprint density at radius 3 is 3.00 bits per heavy atom. The van der Waals surface area contributed by atoms with E-state index in [-0.39, 0.29) is 5.91 Å². The maximum absolute atomic E-state index is 11.4. The Hall–Kier alpha value is -2.95. The standard InChI is InChI=1S/C24H24N4OS2/c1-4-12-25-20-8-5-9-21(15-20)31-28-13-6-7-18-14-19(10-11-22(18)28)23-16(2)26-24(30-23)27-17(3)29/h1,5,8-11,14-15,25H,6-7,12-13H2,2-3H3,(H,26,27,29). The first-order valence-electron chi connectivity index (χ1n) is 10.1. The van der Waals surface area contributed by atoms with Crippen LogP contribution < -0.4 is 14.9 Å². The third-order valence-electron chi connectivity index (χ3n) is 4.94. The molecule has 3 aromatic rings. The average molecular weight is 449 g/mol. The fourth-order valence-corrected chi connectivity index (χ4v) is 5.69. The van der Waals surface area contributed by atoms with Crippen molar-refractivity contribution in [2.75, 3.05) is 28.0 Å². The van der Waals surface area contributed by atoms with Crippen LogP contribution in [0.15, 0.2) is 47.4 Å². The lowest BCUT2D eigenvalue weighted by Gasteiger charge is -2.30. The van der Waals surface area contributed by atoms with Gasteiger partial charge < -0.3 is 14.9 Å². The number of thiazole rings is 1. The molecule has 0 bridgehead atoms. The maximum atomic E-state index is 11.4. The van der Waals surface area contributed by atoms with E-state index in [2.05, 4.69) is 56.2 Å². The molecule has 158 valence electrons. The summed E-state index contributed by atoms with van der Waals surface area (Å²) in [5, 5.41) is 6.67. The van der Waals surface area contributed by atoms with Crippen molar-refractivity contribution in [3.63, 3.8) is 0 Å². The average Bonchev–Trinajstić information content (AvgIpc) is 3.11. The van der Waals surface area contributed by atoms with Crippen LogP contribution in [0.2, 0.25) is 0 Å². The number of amides is 1. The van der Waals surface area contributed by atoms with Crippen molar-refractivity contribution < 1.29 is 4.79 Å². The van der Waals surface area contributed by atoms with Gasteiger partial charge in [-0.05, 0) is 73.2 Å². The van der Waals surface area contributed by atoms with Gasteiger partial charge in [0, 0.05) is 24.1 Å². The lowest BCUT2D eigenvalue weighted by molar-refractivity contribution is -0.114. The van der Waals surface area contributed by atoms with E-state index in [9.17, 15) is 4.79 Å². The van der Waals surface area contributed by atoms with Crippen molar-refractivity contribution >= 4 is 45.7 Å². The molecule has 2 heterocycles. The molecule has 0 spiro atoms. The molecule has 31 heavy (non-hydrogen) atoms. The van der Waals surface area contributed by atoms with Crippen LogP contribution in [-0.2, 0) is 11.2 Å². The van der Waals surface area contributed by atoms with Gasteiger partial charge in [-0.1, -0.05) is 29.4 Å². The van der Waals surface area contributed by atoms with Gasteiger partial charge in [-0.25, -0.2) is 4.98 Å². The zero-order valence-corrected chi connectivity index (χ0v) is 19.2. The molecule has 0 saturated carbocycles. The topological polar surface area (TPSA) is 57.3 Å². The van der Waals surface area contributed by atoms with Gasteiger partial charge in [0.25, 0.3) is 0 Å². The first-order chi connectivity index (χ1) is 15.0. The predicted molar refractivity (Wildman–Crippen MR) is 132 cm³/mol. The Labute approximate surface area is 191 Å². The summed E-state index contributed by atoms with van der Waals surface area (Å²) >= 11 is 3.28. The van der Waals surface area contributed by atoms with E-state index in [0.29, 0.717) is 11.7 Å². The quantitative estimate of drug-likeness (QED) is 0.381. The van der Waals surface area contributed by atoms with Crippen LogP contribution in [0.3, 0.4) is 0 Å². The number of benzene rings is 2. The molecule has 1 amide bonds. The molecule has 7 heteroatoms. The molecule has 0 fully saturated rings. The summed E-state index contributed by atoms with van der Waals surface area (Å²) in [5.74, 6) is 2.51. The lowest BCUT2D eigenvalue weighted by atomic mass is 10.00. The number of rotatable bonds is 6. The minimum Gasteiger partial charge on any atom is -0.374 e. The van der Waals surface area contributed by atoms with Gasteiger partial charge in [-0.2, -0.15) is 0 Å². The van der Waals surface area contributed by atoms with E-state index in [4.69, 9.17) is 6.42 Å². The highest BCUT2D eigenvalue weighted by Crippen LogP contribution is 2.40. The van der Waals surface area contributed by atoms with Gasteiger partial charge in [0.15, 0.2) is 5.13 Å². The largest absolute Gasteiger partial charge is 0.374 e. The molecule has 0 saturated heterocycles. The van der Waals surface area contributed by atoms with Gasteiger partial charge in [-0.3, -0.25) is 4.79 Å². The van der Waals surface area contributed by atoms with E-state index < -0.39 is 0 Å². The van der Waals surface area contributed by atoms with Gasteiger partial charge in [-0.15, -0.1) is 6.42 Å². The second kappa shape index (κ2) is 9.46. The highest BCUT2D eigenvalue weighted by atomic mass is 32.2.